The number of carbonyl (C=O) groups is 2. The second-order valence-corrected chi connectivity index (χ2v) is 6.94. The van der Waals surface area contributed by atoms with Crippen molar-refractivity contribution in [1.82, 2.24) is 9.80 Å². The highest BCUT2D eigenvalue weighted by molar-refractivity contribution is 5.77. The zero-order valence-electron chi connectivity index (χ0n) is 16.2. The summed E-state index contributed by atoms with van der Waals surface area (Å²) >= 11 is 0. The van der Waals surface area contributed by atoms with E-state index in [1.54, 1.807) is 0 Å². The standard InChI is InChI=1S/C21H32N2O3/c1-3-4-11-20(24)22-13-8-14-23(16-15-22)21(25)12-7-17-26-19-10-6-5-9-18(19)2/h5-6,9-10H,3-4,7-8,11-17H2,1-2H3. The van der Waals surface area contributed by atoms with E-state index in [0.717, 1.165) is 43.7 Å². The number of nitrogens with zero attached hydrogens (tertiary/aromatic N) is 2. The second kappa shape index (κ2) is 10.8. The summed E-state index contributed by atoms with van der Waals surface area (Å²) in [6.45, 7) is 7.48. The van der Waals surface area contributed by atoms with E-state index in [0.29, 0.717) is 39.0 Å². The Morgan fingerprint density at radius 1 is 0.962 bits per heavy atom. The number of para-hydroxylation sites is 1. The maximum absolute atomic E-state index is 12.4. The van der Waals surface area contributed by atoms with Crippen LogP contribution in [0, 0.1) is 6.92 Å². The molecule has 1 aliphatic heterocycles. The van der Waals surface area contributed by atoms with Gasteiger partial charge in [0, 0.05) is 39.0 Å². The Morgan fingerprint density at radius 2 is 1.58 bits per heavy atom. The van der Waals surface area contributed by atoms with Crippen LogP contribution in [0.4, 0.5) is 0 Å². The van der Waals surface area contributed by atoms with Crippen molar-refractivity contribution >= 4 is 11.8 Å². The molecule has 2 rings (SSSR count). The SMILES string of the molecule is CCCCC(=O)N1CCCN(C(=O)CCCOc2ccccc2C)CC1. The molecule has 0 radical (unpaired) electrons. The second-order valence-electron chi connectivity index (χ2n) is 6.94. The fraction of sp³-hybridized carbons (Fsp3) is 0.619. The van der Waals surface area contributed by atoms with Crippen molar-refractivity contribution in [2.24, 2.45) is 0 Å². The van der Waals surface area contributed by atoms with Crippen molar-refractivity contribution in [3.05, 3.63) is 29.8 Å². The molecule has 0 unspecified atom stereocenters. The van der Waals surface area contributed by atoms with Gasteiger partial charge in [-0.05, 0) is 37.8 Å². The minimum Gasteiger partial charge on any atom is -0.493 e. The predicted molar refractivity (Wildman–Crippen MR) is 103 cm³/mol. The largest absolute Gasteiger partial charge is 0.493 e. The van der Waals surface area contributed by atoms with Crippen LogP contribution >= 0.6 is 0 Å². The molecule has 0 atom stereocenters. The summed E-state index contributed by atoms with van der Waals surface area (Å²) in [4.78, 5) is 28.4. The van der Waals surface area contributed by atoms with Gasteiger partial charge in [-0.2, -0.15) is 0 Å². The Bertz CT molecular complexity index is 588. The van der Waals surface area contributed by atoms with Crippen LogP contribution in [0.1, 0.15) is 51.0 Å². The fourth-order valence-corrected chi connectivity index (χ4v) is 3.18. The monoisotopic (exact) mass is 360 g/mol. The number of rotatable bonds is 8. The molecule has 5 nitrogen and oxygen atoms in total. The summed E-state index contributed by atoms with van der Waals surface area (Å²) in [7, 11) is 0. The third-order valence-electron chi connectivity index (χ3n) is 4.83. The lowest BCUT2D eigenvalue weighted by atomic mass is 10.2. The van der Waals surface area contributed by atoms with Crippen LogP contribution in [0.5, 0.6) is 5.75 Å². The van der Waals surface area contributed by atoms with Gasteiger partial charge in [-0.15, -0.1) is 0 Å². The maximum Gasteiger partial charge on any atom is 0.222 e. The average Bonchev–Trinajstić information content (AvgIpc) is 2.90. The predicted octanol–water partition coefficient (Wildman–Crippen LogP) is 3.41. The Hall–Kier alpha value is -2.04. The summed E-state index contributed by atoms with van der Waals surface area (Å²) in [5.41, 5.74) is 1.11. The highest BCUT2D eigenvalue weighted by atomic mass is 16.5. The molecule has 1 saturated heterocycles. The van der Waals surface area contributed by atoms with Crippen molar-refractivity contribution in [2.45, 2.75) is 52.4 Å². The molecule has 0 spiro atoms. The minimum atomic E-state index is 0.168. The molecule has 2 amide bonds. The molecule has 26 heavy (non-hydrogen) atoms. The lowest BCUT2D eigenvalue weighted by Gasteiger charge is -2.22. The van der Waals surface area contributed by atoms with E-state index in [1.807, 2.05) is 41.0 Å². The van der Waals surface area contributed by atoms with Gasteiger partial charge in [0.15, 0.2) is 0 Å². The molecule has 1 aromatic carbocycles. The molecule has 5 heteroatoms. The molecule has 0 N–H and O–H groups in total. The lowest BCUT2D eigenvalue weighted by Crippen LogP contribution is -2.37. The molecule has 0 aliphatic carbocycles. The van der Waals surface area contributed by atoms with Gasteiger partial charge in [0.2, 0.25) is 11.8 Å². The fourth-order valence-electron chi connectivity index (χ4n) is 3.18. The highest BCUT2D eigenvalue weighted by Gasteiger charge is 2.21. The van der Waals surface area contributed by atoms with Crippen molar-refractivity contribution < 1.29 is 14.3 Å². The first kappa shape index (κ1) is 20.3. The summed E-state index contributed by atoms with van der Waals surface area (Å²) in [6, 6.07) is 7.92. The van der Waals surface area contributed by atoms with Crippen LogP contribution in [0.15, 0.2) is 24.3 Å². The quantitative estimate of drug-likeness (QED) is 0.668. The van der Waals surface area contributed by atoms with Crippen LogP contribution in [0.25, 0.3) is 0 Å². The van der Waals surface area contributed by atoms with E-state index < -0.39 is 0 Å². The first-order valence-electron chi connectivity index (χ1n) is 9.85. The Kier molecular flexibility index (Phi) is 8.45. The van der Waals surface area contributed by atoms with Gasteiger partial charge in [0.05, 0.1) is 6.61 Å². The first-order chi connectivity index (χ1) is 12.6. The Labute approximate surface area is 157 Å². The van der Waals surface area contributed by atoms with E-state index >= 15 is 0 Å². The number of amides is 2. The average molecular weight is 360 g/mol. The Morgan fingerprint density at radius 3 is 2.19 bits per heavy atom. The molecular weight excluding hydrogens is 328 g/mol. The van der Waals surface area contributed by atoms with Gasteiger partial charge < -0.3 is 14.5 Å². The lowest BCUT2D eigenvalue weighted by molar-refractivity contribution is -0.133. The molecule has 1 aliphatic rings. The van der Waals surface area contributed by atoms with Gasteiger partial charge in [0.25, 0.3) is 0 Å². The molecule has 1 fully saturated rings. The van der Waals surface area contributed by atoms with E-state index in [9.17, 15) is 9.59 Å². The number of hydrogen-bond donors (Lipinski definition) is 0. The topological polar surface area (TPSA) is 49.9 Å². The van der Waals surface area contributed by atoms with Crippen molar-refractivity contribution in [3.8, 4) is 5.75 Å². The third kappa shape index (κ3) is 6.36. The van der Waals surface area contributed by atoms with Gasteiger partial charge in [-0.25, -0.2) is 0 Å². The van der Waals surface area contributed by atoms with Crippen LogP contribution in [0.3, 0.4) is 0 Å². The molecular formula is C21H32N2O3. The maximum atomic E-state index is 12.4. The van der Waals surface area contributed by atoms with Gasteiger partial charge in [-0.1, -0.05) is 31.5 Å². The molecule has 1 heterocycles. The van der Waals surface area contributed by atoms with Crippen LogP contribution in [-0.4, -0.2) is 54.4 Å². The molecule has 1 aromatic rings. The number of carbonyl (C=O) groups excluding carboxylic acids is 2. The number of benzene rings is 1. The Balaban J connectivity index is 1.69. The minimum absolute atomic E-state index is 0.168. The van der Waals surface area contributed by atoms with Gasteiger partial charge in [-0.3, -0.25) is 9.59 Å². The molecule has 0 saturated carbocycles. The van der Waals surface area contributed by atoms with Crippen LogP contribution in [0.2, 0.25) is 0 Å². The summed E-state index contributed by atoms with van der Waals surface area (Å²) in [6.07, 6.45) is 4.68. The summed E-state index contributed by atoms with van der Waals surface area (Å²) in [5.74, 6) is 1.28. The third-order valence-corrected chi connectivity index (χ3v) is 4.83. The molecule has 144 valence electrons. The molecule has 0 bridgehead atoms. The zero-order chi connectivity index (χ0) is 18.8. The number of ether oxygens (including phenoxy) is 1. The van der Waals surface area contributed by atoms with Crippen molar-refractivity contribution in [1.29, 1.82) is 0 Å². The van der Waals surface area contributed by atoms with E-state index in [-0.39, 0.29) is 11.8 Å². The van der Waals surface area contributed by atoms with Gasteiger partial charge in [0.1, 0.15) is 5.75 Å². The number of hydrogen-bond acceptors (Lipinski definition) is 3. The van der Waals surface area contributed by atoms with Crippen molar-refractivity contribution in [2.75, 3.05) is 32.8 Å². The zero-order valence-corrected chi connectivity index (χ0v) is 16.2. The van der Waals surface area contributed by atoms with Crippen LogP contribution in [-0.2, 0) is 9.59 Å². The van der Waals surface area contributed by atoms with Crippen molar-refractivity contribution in [3.63, 3.8) is 0 Å². The first-order valence-corrected chi connectivity index (χ1v) is 9.85. The van der Waals surface area contributed by atoms with E-state index in [4.69, 9.17) is 4.74 Å². The summed E-state index contributed by atoms with van der Waals surface area (Å²) < 4.78 is 5.76. The van der Waals surface area contributed by atoms with E-state index in [2.05, 4.69) is 6.92 Å². The molecule has 0 aromatic heterocycles. The normalized spacial score (nSPS) is 14.8. The smallest absolute Gasteiger partial charge is 0.222 e. The number of unbranched alkanes of at least 4 members (excludes halogenated alkanes) is 1. The summed E-state index contributed by atoms with van der Waals surface area (Å²) in [5, 5.41) is 0. The number of aryl methyl sites for hydroxylation is 1. The highest BCUT2D eigenvalue weighted by Crippen LogP contribution is 2.16. The van der Waals surface area contributed by atoms with Crippen LogP contribution < -0.4 is 4.74 Å². The van der Waals surface area contributed by atoms with Gasteiger partial charge >= 0.3 is 0 Å². The van der Waals surface area contributed by atoms with E-state index in [1.165, 1.54) is 0 Å².